The van der Waals surface area contributed by atoms with Crippen molar-refractivity contribution in [3.8, 4) is 11.5 Å². The van der Waals surface area contributed by atoms with E-state index >= 15 is 0 Å². The van der Waals surface area contributed by atoms with Gasteiger partial charge in [0, 0.05) is 5.41 Å². The summed E-state index contributed by atoms with van der Waals surface area (Å²) >= 11 is 0. The van der Waals surface area contributed by atoms with E-state index in [2.05, 4.69) is 26.8 Å². The predicted octanol–water partition coefficient (Wildman–Crippen LogP) is 7.36. The fourth-order valence-electron chi connectivity index (χ4n) is 5.06. The molecule has 34 heavy (non-hydrogen) atoms. The van der Waals surface area contributed by atoms with E-state index in [-0.39, 0.29) is 33.6 Å². The molecule has 0 spiro atoms. The van der Waals surface area contributed by atoms with Gasteiger partial charge in [-0.15, -0.1) is 0 Å². The quantitative estimate of drug-likeness (QED) is 0.343. The van der Waals surface area contributed by atoms with Crippen LogP contribution in [0.4, 0.5) is 0 Å². The van der Waals surface area contributed by atoms with Crippen LogP contribution >= 0.6 is 0 Å². The third kappa shape index (κ3) is 6.08. The van der Waals surface area contributed by atoms with Crippen molar-refractivity contribution in [1.29, 1.82) is 0 Å². The molecule has 0 aliphatic heterocycles. The van der Waals surface area contributed by atoms with Gasteiger partial charge >= 0.3 is 11.9 Å². The Balaban J connectivity index is 1.87. The first-order chi connectivity index (χ1) is 15.5. The molecule has 4 heteroatoms. The maximum Gasteiger partial charge on any atom is 0.311 e. The van der Waals surface area contributed by atoms with Gasteiger partial charge in [-0.2, -0.15) is 0 Å². The molecule has 3 rings (SSSR count). The van der Waals surface area contributed by atoms with Crippen molar-refractivity contribution < 1.29 is 19.1 Å². The first kappa shape index (κ1) is 26.0. The van der Waals surface area contributed by atoms with E-state index in [1.54, 1.807) is 0 Å². The number of benzene rings is 2. The van der Waals surface area contributed by atoms with Crippen LogP contribution in [0, 0.1) is 10.8 Å². The van der Waals surface area contributed by atoms with Crippen molar-refractivity contribution >= 4 is 11.9 Å². The van der Waals surface area contributed by atoms with Gasteiger partial charge in [0.05, 0.1) is 12.8 Å². The molecule has 1 atom stereocenters. The molecule has 184 valence electrons. The molecule has 1 aliphatic carbocycles. The van der Waals surface area contributed by atoms with Crippen LogP contribution in [0.5, 0.6) is 11.5 Å². The van der Waals surface area contributed by atoms with Crippen molar-refractivity contribution in [3.05, 3.63) is 59.2 Å². The zero-order chi connectivity index (χ0) is 25.5. The molecule has 0 saturated heterocycles. The maximum atomic E-state index is 12.4. The Morgan fingerprint density at radius 2 is 1.21 bits per heavy atom. The fourth-order valence-corrected chi connectivity index (χ4v) is 5.06. The fraction of sp³-hybridized carbons (Fsp3) is 0.533. The Bertz CT molecular complexity index is 1060. The van der Waals surface area contributed by atoms with Crippen molar-refractivity contribution in [1.82, 2.24) is 0 Å². The minimum Gasteiger partial charge on any atom is -0.427 e. The summed E-state index contributed by atoms with van der Waals surface area (Å²) < 4.78 is 11.3. The average molecular weight is 465 g/mol. The number of rotatable bonds is 5. The topological polar surface area (TPSA) is 52.6 Å². The van der Waals surface area contributed by atoms with Gasteiger partial charge in [0.15, 0.2) is 0 Å². The molecule has 0 heterocycles. The number of hydrogen-bond donors (Lipinski definition) is 0. The molecule has 0 unspecified atom stereocenters. The average Bonchev–Trinajstić information content (AvgIpc) is 2.85. The third-order valence-corrected chi connectivity index (χ3v) is 6.41. The number of carbonyl (C=O) groups excluding carboxylic acids is 2. The standard InChI is InChI=1S/C30H40O4/c1-27(2,3)17-25(31)33-21-12-10-20(11-13-21)30(9)19-29(7,8)23-15-14-22(16-24(23)30)34-26(32)18-28(4,5)6/h10-16H,17-19H2,1-9H3/t30-/m1/s1. The first-order valence-electron chi connectivity index (χ1n) is 12.2. The highest BCUT2D eigenvalue weighted by Crippen LogP contribution is 2.53. The van der Waals surface area contributed by atoms with E-state index < -0.39 is 0 Å². The highest BCUT2D eigenvalue weighted by atomic mass is 16.5. The van der Waals surface area contributed by atoms with Gasteiger partial charge in [0.2, 0.25) is 0 Å². The summed E-state index contributed by atoms with van der Waals surface area (Å²) in [5.74, 6) is 0.710. The SMILES string of the molecule is CC(C)(C)CC(=O)Oc1ccc([C@@]2(C)CC(C)(C)c3ccc(OC(=O)CC(C)(C)C)cc32)cc1. The lowest BCUT2D eigenvalue weighted by atomic mass is 9.75. The van der Waals surface area contributed by atoms with E-state index in [0.717, 1.165) is 12.0 Å². The minimum absolute atomic E-state index is 0.0180. The Morgan fingerprint density at radius 1 is 0.735 bits per heavy atom. The second-order valence-corrected chi connectivity index (χ2v) is 13.0. The number of fused-ring (bicyclic) bond motifs is 1. The molecule has 1 aliphatic rings. The van der Waals surface area contributed by atoms with Crippen LogP contribution in [0.1, 0.15) is 98.3 Å². The van der Waals surface area contributed by atoms with Crippen LogP contribution in [0.25, 0.3) is 0 Å². The number of hydrogen-bond acceptors (Lipinski definition) is 4. The van der Waals surface area contributed by atoms with Crippen molar-refractivity contribution in [2.75, 3.05) is 0 Å². The van der Waals surface area contributed by atoms with Gasteiger partial charge in [-0.25, -0.2) is 0 Å². The zero-order valence-corrected chi connectivity index (χ0v) is 22.3. The first-order valence-corrected chi connectivity index (χ1v) is 12.2. The summed E-state index contributed by atoms with van der Waals surface area (Å²) in [6.07, 6.45) is 1.66. The summed E-state index contributed by atoms with van der Waals surface area (Å²) in [7, 11) is 0. The van der Waals surface area contributed by atoms with Gasteiger partial charge in [0.25, 0.3) is 0 Å². The second-order valence-electron chi connectivity index (χ2n) is 13.0. The highest BCUT2D eigenvalue weighted by molar-refractivity contribution is 5.74. The Kier molecular flexibility index (Phi) is 6.78. The van der Waals surface area contributed by atoms with Crippen molar-refractivity contribution in [2.45, 2.75) is 92.4 Å². The lowest BCUT2D eigenvalue weighted by Gasteiger charge is -2.28. The zero-order valence-electron chi connectivity index (χ0n) is 22.3. The number of carbonyl (C=O) groups is 2. The van der Waals surface area contributed by atoms with Crippen LogP contribution < -0.4 is 9.47 Å². The van der Waals surface area contributed by atoms with E-state index in [1.165, 1.54) is 11.1 Å². The van der Waals surface area contributed by atoms with E-state index in [1.807, 2.05) is 77.9 Å². The summed E-state index contributed by atoms with van der Waals surface area (Å²) in [6, 6.07) is 13.9. The molecule has 0 amide bonds. The molecule has 4 nitrogen and oxygen atoms in total. The normalized spacial score (nSPS) is 19.4. The molecule has 0 radical (unpaired) electrons. The van der Waals surface area contributed by atoms with Crippen LogP contribution in [0.3, 0.4) is 0 Å². The monoisotopic (exact) mass is 464 g/mol. The van der Waals surface area contributed by atoms with Gasteiger partial charge in [-0.3, -0.25) is 9.59 Å². The lowest BCUT2D eigenvalue weighted by Crippen LogP contribution is -2.23. The van der Waals surface area contributed by atoms with Gasteiger partial charge < -0.3 is 9.47 Å². The maximum absolute atomic E-state index is 12.4. The molecule has 2 aromatic rings. The number of ether oxygens (including phenoxy) is 2. The molecular weight excluding hydrogens is 424 g/mol. The molecule has 0 bridgehead atoms. The smallest absolute Gasteiger partial charge is 0.311 e. The third-order valence-electron chi connectivity index (χ3n) is 6.41. The van der Waals surface area contributed by atoms with Gasteiger partial charge in [0.1, 0.15) is 11.5 Å². The molecular formula is C30H40O4. The largest absolute Gasteiger partial charge is 0.427 e. The Hall–Kier alpha value is -2.62. The number of esters is 2. The predicted molar refractivity (Wildman–Crippen MR) is 136 cm³/mol. The highest BCUT2D eigenvalue weighted by Gasteiger charge is 2.46. The summed E-state index contributed by atoms with van der Waals surface area (Å²) in [6.45, 7) is 18.9. The van der Waals surface area contributed by atoms with Crippen molar-refractivity contribution in [3.63, 3.8) is 0 Å². The van der Waals surface area contributed by atoms with Crippen LogP contribution in [0.2, 0.25) is 0 Å². The second kappa shape index (κ2) is 8.87. The van der Waals surface area contributed by atoms with Gasteiger partial charge in [-0.05, 0) is 63.6 Å². The van der Waals surface area contributed by atoms with Crippen LogP contribution in [0.15, 0.2) is 42.5 Å². The van der Waals surface area contributed by atoms with E-state index in [0.29, 0.717) is 24.3 Å². The van der Waals surface area contributed by atoms with E-state index in [4.69, 9.17) is 9.47 Å². The van der Waals surface area contributed by atoms with Crippen LogP contribution in [-0.2, 0) is 20.4 Å². The minimum atomic E-state index is -0.251. The lowest BCUT2D eigenvalue weighted by molar-refractivity contribution is -0.137. The van der Waals surface area contributed by atoms with E-state index in [9.17, 15) is 9.59 Å². The Labute approximate surface area is 205 Å². The molecule has 0 fully saturated rings. The molecule has 0 aromatic heterocycles. The molecule has 0 saturated carbocycles. The van der Waals surface area contributed by atoms with Crippen LogP contribution in [-0.4, -0.2) is 11.9 Å². The molecule has 0 N–H and O–H groups in total. The summed E-state index contributed by atoms with van der Waals surface area (Å²) in [5.41, 5.74) is 3.09. The van der Waals surface area contributed by atoms with Crippen molar-refractivity contribution in [2.24, 2.45) is 10.8 Å². The molecule has 2 aromatic carbocycles. The van der Waals surface area contributed by atoms with Gasteiger partial charge in [-0.1, -0.05) is 80.5 Å². The Morgan fingerprint density at radius 3 is 1.71 bits per heavy atom. The summed E-state index contributed by atoms with van der Waals surface area (Å²) in [5, 5.41) is 0. The summed E-state index contributed by atoms with van der Waals surface area (Å²) in [4.78, 5) is 24.7.